The van der Waals surface area contributed by atoms with E-state index in [2.05, 4.69) is 57.2 Å². The van der Waals surface area contributed by atoms with Gasteiger partial charge in [-0.3, -0.25) is 9.59 Å². The Hall–Kier alpha value is -2.45. The van der Waals surface area contributed by atoms with E-state index < -0.39 is 6.04 Å². The number of nitrogens with one attached hydrogen (secondary N) is 2. The SMILES string of the molecule is Cc1ccc(-c2csc3ncnc(SCC(=O)NC4C(=O)NCCC4C)c23)cc1. The van der Waals surface area contributed by atoms with E-state index >= 15 is 0 Å². The minimum absolute atomic E-state index is 0.106. The highest BCUT2D eigenvalue weighted by Gasteiger charge is 2.30. The van der Waals surface area contributed by atoms with Crippen LogP contribution in [0.3, 0.4) is 0 Å². The first-order valence-electron chi connectivity index (χ1n) is 9.52. The van der Waals surface area contributed by atoms with E-state index in [1.54, 1.807) is 11.3 Å². The Kier molecular flexibility index (Phi) is 5.82. The Morgan fingerprint density at radius 3 is 2.86 bits per heavy atom. The molecule has 2 amide bonds. The number of carbonyl (C=O) groups excluding carboxylic acids is 2. The van der Waals surface area contributed by atoms with E-state index in [0.29, 0.717) is 6.54 Å². The standard InChI is InChI=1S/C21H22N4O2S2/c1-12-3-5-14(6-4-12)15-9-28-20-17(15)21(24-11-23-20)29-10-16(26)25-18-13(2)7-8-22-19(18)27/h3-6,9,11,13,18H,7-8,10H2,1-2H3,(H,22,27)(H,25,26). The van der Waals surface area contributed by atoms with Crippen LogP contribution < -0.4 is 10.6 Å². The molecule has 0 bridgehead atoms. The molecule has 29 heavy (non-hydrogen) atoms. The van der Waals surface area contributed by atoms with Gasteiger partial charge in [0.25, 0.3) is 0 Å². The van der Waals surface area contributed by atoms with Gasteiger partial charge in [-0.2, -0.15) is 0 Å². The van der Waals surface area contributed by atoms with E-state index in [4.69, 9.17) is 0 Å². The highest BCUT2D eigenvalue weighted by atomic mass is 32.2. The number of hydrogen-bond donors (Lipinski definition) is 2. The van der Waals surface area contributed by atoms with Crippen LogP contribution in [0.15, 0.2) is 41.0 Å². The first kappa shape index (κ1) is 19.8. The lowest BCUT2D eigenvalue weighted by Gasteiger charge is -2.28. The molecule has 0 saturated carbocycles. The topological polar surface area (TPSA) is 84.0 Å². The molecule has 1 saturated heterocycles. The lowest BCUT2D eigenvalue weighted by Crippen LogP contribution is -2.54. The van der Waals surface area contributed by atoms with Gasteiger partial charge >= 0.3 is 0 Å². The summed E-state index contributed by atoms with van der Waals surface area (Å²) in [6.45, 7) is 4.72. The highest BCUT2D eigenvalue weighted by molar-refractivity contribution is 8.00. The quantitative estimate of drug-likeness (QED) is 0.483. The number of aryl methyl sites for hydroxylation is 1. The molecule has 1 aromatic carbocycles. The molecule has 2 unspecified atom stereocenters. The molecule has 3 heterocycles. The van der Waals surface area contributed by atoms with Crippen LogP contribution in [-0.4, -0.2) is 40.1 Å². The smallest absolute Gasteiger partial charge is 0.242 e. The zero-order valence-electron chi connectivity index (χ0n) is 16.3. The molecule has 8 heteroatoms. The number of piperidine rings is 1. The molecule has 1 aliphatic heterocycles. The summed E-state index contributed by atoms with van der Waals surface area (Å²) in [5.74, 6) is 0.0634. The van der Waals surface area contributed by atoms with E-state index in [1.165, 1.54) is 23.7 Å². The molecule has 2 N–H and O–H groups in total. The number of amides is 2. The second kappa shape index (κ2) is 8.51. The number of hydrogen-bond acceptors (Lipinski definition) is 6. The molecular formula is C21H22N4O2S2. The van der Waals surface area contributed by atoms with Gasteiger partial charge in [-0.25, -0.2) is 9.97 Å². The number of thioether (sulfide) groups is 1. The fourth-order valence-electron chi connectivity index (χ4n) is 3.42. The molecule has 6 nitrogen and oxygen atoms in total. The van der Waals surface area contributed by atoms with Crippen molar-refractivity contribution in [2.75, 3.05) is 12.3 Å². The molecule has 4 rings (SSSR count). The maximum Gasteiger partial charge on any atom is 0.242 e. The third-order valence-electron chi connectivity index (χ3n) is 5.10. The summed E-state index contributed by atoms with van der Waals surface area (Å²) in [5.41, 5.74) is 3.39. The third-order valence-corrected chi connectivity index (χ3v) is 6.98. The fraction of sp³-hybridized carbons (Fsp3) is 0.333. The summed E-state index contributed by atoms with van der Waals surface area (Å²) in [6.07, 6.45) is 2.40. The van der Waals surface area contributed by atoms with Crippen molar-refractivity contribution in [3.63, 3.8) is 0 Å². The zero-order chi connectivity index (χ0) is 20.4. The summed E-state index contributed by atoms with van der Waals surface area (Å²) >= 11 is 2.95. The number of aromatic nitrogens is 2. The monoisotopic (exact) mass is 426 g/mol. The lowest BCUT2D eigenvalue weighted by molar-refractivity contribution is -0.130. The van der Waals surface area contributed by atoms with Crippen molar-refractivity contribution in [1.29, 1.82) is 0 Å². The maximum absolute atomic E-state index is 12.5. The Morgan fingerprint density at radius 1 is 1.31 bits per heavy atom. The second-order valence-corrected chi connectivity index (χ2v) is 9.09. The van der Waals surface area contributed by atoms with Crippen molar-refractivity contribution in [3.8, 4) is 11.1 Å². The van der Waals surface area contributed by atoms with Crippen LogP contribution in [0.4, 0.5) is 0 Å². The average molecular weight is 427 g/mol. The second-order valence-electron chi connectivity index (χ2n) is 7.27. The van der Waals surface area contributed by atoms with Gasteiger partial charge in [0.15, 0.2) is 0 Å². The van der Waals surface area contributed by atoms with Crippen LogP contribution in [0, 0.1) is 12.8 Å². The zero-order valence-corrected chi connectivity index (χ0v) is 17.9. The number of thiophene rings is 1. The molecule has 1 aliphatic rings. The molecule has 3 aromatic rings. The van der Waals surface area contributed by atoms with Crippen molar-refractivity contribution >= 4 is 45.1 Å². The number of rotatable bonds is 5. The van der Waals surface area contributed by atoms with Gasteiger partial charge in [0.05, 0.1) is 11.1 Å². The van der Waals surface area contributed by atoms with Crippen molar-refractivity contribution in [2.45, 2.75) is 31.3 Å². The van der Waals surface area contributed by atoms with Crippen LogP contribution in [0.2, 0.25) is 0 Å². The number of fused-ring (bicyclic) bond motifs is 1. The molecule has 2 aromatic heterocycles. The summed E-state index contributed by atoms with van der Waals surface area (Å²) < 4.78 is 0. The van der Waals surface area contributed by atoms with Crippen LogP contribution in [0.5, 0.6) is 0 Å². The Balaban J connectivity index is 1.52. The largest absolute Gasteiger partial charge is 0.354 e. The average Bonchev–Trinajstić information content (AvgIpc) is 3.15. The summed E-state index contributed by atoms with van der Waals surface area (Å²) in [4.78, 5) is 34.2. The number of carbonyl (C=O) groups is 2. The van der Waals surface area contributed by atoms with Crippen LogP contribution in [-0.2, 0) is 9.59 Å². The van der Waals surface area contributed by atoms with Crippen LogP contribution in [0.25, 0.3) is 21.3 Å². The lowest BCUT2D eigenvalue weighted by atomic mass is 9.94. The highest BCUT2D eigenvalue weighted by Crippen LogP contribution is 2.37. The van der Waals surface area contributed by atoms with Gasteiger partial charge in [-0.1, -0.05) is 48.5 Å². The van der Waals surface area contributed by atoms with E-state index in [-0.39, 0.29) is 23.5 Å². The minimum atomic E-state index is -0.466. The predicted octanol–water partition coefficient (Wildman–Crippen LogP) is 3.40. The molecule has 0 radical (unpaired) electrons. The molecule has 0 aliphatic carbocycles. The van der Waals surface area contributed by atoms with Crippen molar-refractivity contribution in [2.24, 2.45) is 5.92 Å². The van der Waals surface area contributed by atoms with E-state index in [9.17, 15) is 9.59 Å². The van der Waals surface area contributed by atoms with Crippen molar-refractivity contribution in [3.05, 3.63) is 41.5 Å². The van der Waals surface area contributed by atoms with Gasteiger partial charge in [0, 0.05) is 17.5 Å². The third kappa shape index (κ3) is 4.28. The molecule has 2 atom stereocenters. The van der Waals surface area contributed by atoms with E-state index in [1.807, 2.05) is 6.92 Å². The number of benzene rings is 1. The Morgan fingerprint density at radius 2 is 2.10 bits per heavy atom. The summed E-state index contributed by atoms with van der Waals surface area (Å²) in [6, 6.07) is 7.88. The van der Waals surface area contributed by atoms with Gasteiger partial charge in [0.2, 0.25) is 11.8 Å². The first-order chi connectivity index (χ1) is 14.0. The van der Waals surface area contributed by atoms with Gasteiger partial charge < -0.3 is 10.6 Å². The van der Waals surface area contributed by atoms with Gasteiger partial charge in [-0.15, -0.1) is 11.3 Å². The predicted molar refractivity (Wildman–Crippen MR) is 117 cm³/mol. The molecular weight excluding hydrogens is 404 g/mol. The Labute approximate surface area is 177 Å². The Bertz CT molecular complexity index is 1050. The van der Waals surface area contributed by atoms with Crippen LogP contribution >= 0.6 is 23.1 Å². The number of nitrogens with zero attached hydrogens (tertiary/aromatic N) is 2. The van der Waals surface area contributed by atoms with Crippen molar-refractivity contribution < 1.29 is 9.59 Å². The normalized spacial score (nSPS) is 19.2. The van der Waals surface area contributed by atoms with Crippen LogP contribution in [0.1, 0.15) is 18.9 Å². The van der Waals surface area contributed by atoms with E-state index in [0.717, 1.165) is 32.8 Å². The summed E-state index contributed by atoms with van der Waals surface area (Å²) in [7, 11) is 0. The minimum Gasteiger partial charge on any atom is -0.354 e. The molecule has 1 fully saturated rings. The maximum atomic E-state index is 12.5. The van der Waals surface area contributed by atoms with Crippen molar-refractivity contribution in [1.82, 2.24) is 20.6 Å². The van der Waals surface area contributed by atoms with Gasteiger partial charge in [-0.05, 0) is 24.8 Å². The summed E-state index contributed by atoms with van der Waals surface area (Å²) in [5, 5.41) is 9.52. The molecule has 0 spiro atoms. The van der Waals surface area contributed by atoms with Gasteiger partial charge in [0.1, 0.15) is 22.2 Å². The fourth-order valence-corrected chi connectivity index (χ4v) is 5.22. The molecule has 150 valence electrons. The first-order valence-corrected chi connectivity index (χ1v) is 11.4.